The second kappa shape index (κ2) is 5.63. The topological polar surface area (TPSA) is 80.0 Å². The second-order valence-corrected chi connectivity index (χ2v) is 4.31. The van der Waals surface area contributed by atoms with Crippen LogP contribution in [-0.2, 0) is 4.79 Å². The van der Waals surface area contributed by atoms with Crippen molar-refractivity contribution >= 4 is 17.4 Å². The van der Waals surface area contributed by atoms with E-state index in [9.17, 15) is 4.79 Å². The number of pyridine rings is 1. The van der Waals surface area contributed by atoms with Gasteiger partial charge in [0, 0.05) is 6.04 Å². The first-order valence-electron chi connectivity index (χ1n) is 6.00. The van der Waals surface area contributed by atoms with Crippen molar-refractivity contribution in [1.82, 2.24) is 4.98 Å². The zero-order valence-corrected chi connectivity index (χ0v) is 9.78. The van der Waals surface area contributed by atoms with Crippen molar-refractivity contribution in [3.8, 4) is 0 Å². The van der Waals surface area contributed by atoms with Crippen molar-refractivity contribution in [3.05, 3.63) is 18.3 Å². The molecule has 5 nitrogen and oxygen atoms in total. The molecule has 0 radical (unpaired) electrons. The van der Waals surface area contributed by atoms with Crippen molar-refractivity contribution in [2.75, 3.05) is 17.2 Å². The van der Waals surface area contributed by atoms with E-state index in [2.05, 4.69) is 15.6 Å². The first-order valence-corrected chi connectivity index (χ1v) is 6.00. The molecule has 1 heterocycles. The summed E-state index contributed by atoms with van der Waals surface area (Å²) >= 11 is 0. The van der Waals surface area contributed by atoms with Crippen LogP contribution in [0.4, 0.5) is 11.5 Å². The zero-order valence-electron chi connectivity index (χ0n) is 9.78. The number of rotatable bonds is 4. The van der Waals surface area contributed by atoms with Crippen LogP contribution in [0, 0.1) is 0 Å². The van der Waals surface area contributed by atoms with E-state index in [0.29, 0.717) is 11.7 Å². The van der Waals surface area contributed by atoms with Gasteiger partial charge in [-0.25, -0.2) is 4.98 Å². The summed E-state index contributed by atoms with van der Waals surface area (Å²) in [5, 5.41) is 6.05. The Morgan fingerprint density at radius 1 is 1.41 bits per heavy atom. The van der Waals surface area contributed by atoms with Crippen molar-refractivity contribution < 1.29 is 4.79 Å². The first-order chi connectivity index (χ1) is 8.28. The summed E-state index contributed by atoms with van der Waals surface area (Å²) in [5.74, 6) is 0.658. The van der Waals surface area contributed by atoms with Crippen molar-refractivity contribution in [2.24, 2.45) is 5.73 Å². The van der Waals surface area contributed by atoms with Crippen LogP contribution in [0.1, 0.15) is 25.7 Å². The number of anilines is 2. The molecule has 0 bridgehead atoms. The average Bonchev–Trinajstić information content (AvgIpc) is 2.84. The Morgan fingerprint density at radius 2 is 2.18 bits per heavy atom. The van der Waals surface area contributed by atoms with Gasteiger partial charge in [-0.1, -0.05) is 12.8 Å². The fourth-order valence-corrected chi connectivity index (χ4v) is 2.04. The fraction of sp³-hybridized carbons (Fsp3) is 0.500. The lowest BCUT2D eigenvalue weighted by Gasteiger charge is -2.12. The van der Waals surface area contributed by atoms with Crippen LogP contribution in [0.5, 0.6) is 0 Å². The molecule has 4 N–H and O–H groups in total. The highest BCUT2D eigenvalue weighted by Gasteiger charge is 2.14. The van der Waals surface area contributed by atoms with Crippen LogP contribution < -0.4 is 16.4 Å². The quantitative estimate of drug-likeness (QED) is 0.734. The van der Waals surface area contributed by atoms with E-state index < -0.39 is 0 Å². The highest BCUT2D eigenvalue weighted by Crippen LogP contribution is 2.21. The molecule has 0 aliphatic heterocycles. The number of amides is 1. The molecule has 17 heavy (non-hydrogen) atoms. The summed E-state index contributed by atoms with van der Waals surface area (Å²) in [6.07, 6.45) is 6.66. The standard InChI is InChI=1S/C12H18N4O/c13-7-12(17)16-10-5-6-11(14-8-10)15-9-3-1-2-4-9/h5-6,8-9H,1-4,7,13H2,(H,14,15)(H,16,17). The molecule has 1 aromatic heterocycles. The van der Waals surface area contributed by atoms with Crippen LogP contribution in [0.2, 0.25) is 0 Å². The third kappa shape index (κ3) is 3.42. The molecule has 0 saturated heterocycles. The van der Waals surface area contributed by atoms with Gasteiger partial charge in [-0.3, -0.25) is 4.79 Å². The summed E-state index contributed by atoms with van der Waals surface area (Å²) in [5.41, 5.74) is 5.89. The molecule has 0 aromatic carbocycles. The third-order valence-electron chi connectivity index (χ3n) is 2.94. The molecule has 1 saturated carbocycles. The van der Waals surface area contributed by atoms with E-state index in [1.54, 1.807) is 6.20 Å². The first kappa shape index (κ1) is 11.9. The molecule has 1 aliphatic carbocycles. The largest absolute Gasteiger partial charge is 0.367 e. The Hall–Kier alpha value is -1.62. The highest BCUT2D eigenvalue weighted by molar-refractivity contribution is 5.91. The lowest BCUT2D eigenvalue weighted by atomic mass is 10.2. The van der Waals surface area contributed by atoms with E-state index in [4.69, 9.17) is 5.73 Å². The predicted molar refractivity (Wildman–Crippen MR) is 67.8 cm³/mol. The molecule has 2 rings (SSSR count). The molecule has 0 spiro atoms. The Kier molecular flexibility index (Phi) is 3.93. The number of nitrogens with one attached hydrogen (secondary N) is 2. The predicted octanol–water partition coefficient (Wildman–Crippen LogP) is 1.33. The molecule has 0 atom stereocenters. The number of nitrogens with two attached hydrogens (primary N) is 1. The Bertz CT molecular complexity index is 371. The zero-order chi connectivity index (χ0) is 12.1. The maximum atomic E-state index is 11.1. The van der Waals surface area contributed by atoms with E-state index in [1.807, 2.05) is 12.1 Å². The lowest BCUT2D eigenvalue weighted by Crippen LogP contribution is -2.22. The normalized spacial score (nSPS) is 15.8. The van der Waals surface area contributed by atoms with Gasteiger partial charge in [0.15, 0.2) is 0 Å². The van der Waals surface area contributed by atoms with E-state index in [0.717, 1.165) is 5.82 Å². The van der Waals surface area contributed by atoms with Crippen molar-refractivity contribution in [1.29, 1.82) is 0 Å². The summed E-state index contributed by atoms with van der Waals surface area (Å²) in [7, 11) is 0. The lowest BCUT2D eigenvalue weighted by molar-refractivity contribution is -0.114. The van der Waals surface area contributed by atoms with Crippen LogP contribution in [-0.4, -0.2) is 23.5 Å². The van der Waals surface area contributed by atoms with Crippen LogP contribution in [0.25, 0.3) is 0 Å². The van der Waals surface area contributed by atoms with Gasteiger partial charge in [-0.2, -0.15) is 0 Å². The third-order valence-corrected chi connectivity index (χ3v) is 2.94. The van der Waals surface area contributed by atoms with Gasteiger partial charge in [0.2, 0.25) is 5.91 Å². The van der Waals surface area contributed by atoms with Crippen LogP contribution in [0.15, 0.2) is 18.3 Å². The van der Waals surface area contributed by atoms with E-state index in [1.165, 1.54) is 25.7 Å². The smallest absolute Gasteiger partial charge is 0.238 e. The summed E-state index contributed by atoms with van der Waals surface area (Å²) in [4.78, 5) is 15.3. The van der Waals surface area contributed by atoms with Gasteiger partial charge in [0.1, 0.15) is 5.82 Å². The Morgan fingerprint density at radius 3 is 2.76 bits per heavy atom. The van der Waals surface area contributed by atoms with Gasteiger partial charge < -0.3 is 16.4 Å². The summed E-state index contributed by atoms with van der Waals surface area (Å²) in [6.45, 7) is -0.0118. The molecule has 1 aliphatic rings. The van der Waals surface area contributed by atoms with Crippen molar-refractivity contribution in [2.45, 2.75) is 31.7 Å². The second-order valence-electron chi connectivity index (χ2n) is 4.31. The number of nitrogens with zero attached hydrogens (tertiary/aromatic N) is 1. The molecule has 1 amide bonds. The average molecular weight is 234 g/mol. The van der Waals surface area contributed by atoms with Gasteiger partial charge >= 0.3 is 0 Å². The van der Waals surface area contributed by atoms with Gasteiger partial charge in [-0.05, 0) is 25.0 Å². The SMILES string of the molecule is NCC(=O)Nc1ccc(NC2CCCC2)nc1. The Balaban J connectivity index is 1.90. The summed E-state index contributed by atoms with van der Waals surface area (Å²) < 4.78 is 0. The molecule has 1 fully saturated rings. The molecular formula is C12H18N4O. The number of hydrogen-bond donors (Lipinski definition) is 3. The highest BCUT2D eigenvalue weighted by atomic mass is 16.1. The van der Waals surface area contributed by atoms with Crippen LogP contribution in [0.3, 0.4) is 0 Å². The molecule has 1 aromatic rings. The fourth-order valence-electron chi connectivity index (χ4n) is 2.04. The maximum Gasteiger partial charge on any atom is 0.238 e. The monoisotopic (exact) mass is 234 g/mol. The number of hydrogen-bond acceptors (Lipinski definition) is 4. The number of aromatic nitrogens is 1. The number of carbonyl (C=O) groups is 1. The minimum Gasteiger partial charge on any atom is -0.367 e. The minimum atomic E-state index is -0.205. The Labute approximate surface area is 101 Å². The minimum absolute atomic E-state index is 0.0118. The van der Waals surface area contributed by atoms with Crippen molar-refractivity contribution in [3.63, 3.8) is 0 Å². The van der Waals surface area contributed by atoms with Crippen LogP contribution >= 0.6 is 0 Å². The maximum absolute atomic E-state index is 11.1. The van der Waals surface area contributed by atoms with E-state index in [-0.39, 0.29) is 12.5 Å². The molecular weight excluding hydrogens is 216 g/mol. The van der Waals surface area contributed by atoms with Gasteiger partial charge in [-0.15, -0.1) is 0 Å². The molecule has 92 valence electrons. The van der Waals surface area contributed by atoms with Gasteiger partial charge in [0.25, 0.3) is 0 Å². The molecule has 0 unspecified atom stereocenters. The molecule has 5 heteroatoms. The van der Waals surface area contributed by atoms with E-state index >= 15 is 0 Å². The summed E-state index contributed by atoms with van der Waals surface area (Å²) in [6, 6.07) is 4.26. The van der Waals surface area contributed by atoms with Gasteiger partial charge in [0.05, 0.1) is 18.4 Å². The number of carbonyl (C=O) groups excluding carboxylic acids is 1.